The third-order valence-corrected chi connectivity index (χ3v) is 5.81. The Morgan fingerprint density at radius 1 is 1.04 bits per heavy atom. The number of fused-ring (bicyclic) bond motifs is 1. The molecule has 144 valence electrons. The molecule has 2 fully saturated rings. The van der Waals surface area contributed by atoms with Gasteiger partial charge in [-0.25, -0.2) is 4.98 Å². The van der Waals surface area contributed by atoms with Gasteiger partial charge in [0, 0.05) is 37.8 Å². The summed E-state index contributed by atoms with van der Waals surface area (Å²) in [6, 6.07) is 1.80. The average Bonchev–Trinajstić information content (AvgIpc) is 3.07. The van der Waals surface area contributed by atoms with Gasteiger partial charge in [0.25, 0.3) is 11.6 Å². The zero-order valence-corrected chi connectivity index (χ0v) is 16.0. The quantitative estimate of drug-likeness (QED) is 0.812. The van der Waals surface area contributed by atoms with Gasteiger partial charge in [-0.3, -0.25) is 9.59 Å². The number of rotatable bonds is 2. The highest BCUT2D eigenvalue weighted by atomic mass is 16.5. The van der Waals surface area contributed by atoms with Crippen molar-refractivity contribution in [1.29, 1.82) is 0 Å². The Kier molecular flexibility index (Phi) is 4.85. The molecule has 1 aliphatic carbocycles. The van der Waals surface area contributed by atoms with Gasteiger partial charge in [-0.2, -0.15) is 0 Å². The topological polar surface area (TPSA) is 79.5 Å². The first-order valence-corrected chi connectivity index (χ1v) is 9.86. The molecular formula is C20H26N4O3. The van der Waals surface area contributed by atoms with Crippen LogP contribution in [0.5, 0.6) is 0 Å². The van der Waals surface area contributed by atoms with Crippen molar-refractivity contribution >= 4 is 22.9 Å². The molecule has 0 bridgehead atoms. The molecule has 1 saturated heterocycles. The summed E-state index contributed by atoms with van der Waals surface area (Å²) in [5, 5.41) is 4.64. The molecule has 7 nitrogen and oxygen atoms in total. The van der Waals surface area contributed by atoms with Crippen molar-refractivity contribution in [2.75, 3.05) is 26.2 Å². The number of hydrogen-bond donors (Lipinski definition) is 0. The Morgan fingerprint density at radius 3 is 2.41 bits per heavy atom. The number of hydrogen-bond acceptors (Lipinski definition) is 5. The van der Waals surface area contributed by atoms with Gasteiger partial charge in [-0.05, 0) is 32.8 Å². The van der Waals surface area contributed by atoms with E-state index < -0.39 is 0 Å². The van der Waals surface area contributed by atoms with Crippen LogP contribution < -0.4 is 0 Å². The highest BCUT2D eigenvalue weighted by Gasteiger charge is 2.31. The summed E-state index contributed by atoms with van der Waals surface area (Å²) in [6.45, 7) is 6.00. The van der Waals surface area contributed by atoms with E-state index in [0.29, 0.717) is 48.5 Å². The number of nitrogens with zero attached hydrogens (tertiary/aromatic N) is 4. The van der Waals surface area contributed by atoms with Crippen molar-refractivity contribution in [3.8, 4) is 0 Å². The molecular weight excluding hydrogens is 344 g/mol. The number of amides is 2. The number of aryl methyl sites for hydroxylation is 2. The van der Waals surface area contributed by atoms with Crippen LogP contribution in [0.2, 0.25) is 0 Å². The first-order valence-electron chi connectivity index (χ1n) is 9.86. The average molecular weight is 370 g/mol. The van der Waals surface area contributed by atoms with Gasteiger partial charge in [0.1, 0.15) is 0 Å². The van der Waals surface area contributed by atoms with Gasteiger partial charge in [-0.1, -0.05) is 24.4 Å². The summed E-state index contributed by atoms with van der Waals surface area (Å²) in [6.07, 6.45) is 5.58. The fourth-order valence-corrected chi connectivity index (χ4v) is 4.29. The number of carbonyl (C=O) groups excluding carboxylic acids is 2. The fraction of sp³-hybridized carbons (Fsp3) is 0.600. The van der Waals surface area contributed by atoms with Crippen molar-refractivity contribution in [2.45, 2.75) is 46.0 Å². The van der Waals surface area contributed by atoms with Crippen molar-refractivity contribution in [1.82, 2.24) is 19.9 Å². The molecule has 1 saturated carbocycles. The van der Waals surface area contributed by atoms with E-state index >= 15 is 0 Å². The summed E-state index contributed by atoms with van der Waals surface area (Å²) in [5.74, 6) is 0.420. The Bertz CT molecular complexity index is 861. The second kappa shape index (κ2) is 7.29. The highest BCUT2D eigenvalue weighted by Crippen LogP contribution is 2.27. The lowest BCUT2D eigenvalue weighted by molar-refractivity contribution is -0.138. The minimum Gasteiger partial charge on any atom is -0.339 e. The van der Waals surface area contributed by atoms with E-state index in [9.17, 15) is 9.59 Å². The van der Waals surface area contributed by atoms with E-state index in [0.717, 1.165) is 31.4 Å². The highest BCUT2D eigenvalue weighted by molar-refractivity contribution is 6.06. The molecule has 0 spiro atoms. The van der Waals surface area contributed by atoms with Crippen LogP contribution in [0.3, 0.4) is 0 Å². The second-order valence-corrected chi connectivity index (χ2v) is 7.71. The van der Waals surface area contributed by atoms with Gasteiger partial charge in [0.15, 0.2) is 0 Å². The van der Waals surface area contributed by atoms with Gasteiger partial charge in [0.2, 0.25) is 5.91 Å². The SMILES string of the molecule is Cc1cc(C(=O)N2CCN(C(=O)C3CCCCC3)CC2)c2c(C)noc2n1. The molecule has 7 heteroatoms. The van der Waals surface area contributed by atoms with Crippen LogP contribution in [0.1, 0.15) is 53.8 Å². The standard InChI is InChI=1S/C20H26N4O3/c1-13-12-16(17-14(2)22-27-18(17)21-13)20(26)24-10-8-23(9-11-24)19(25)15-6-4-3-5-7-15/h12,15H,3-11H2,1-2H3. The van der Waals surface area contributed by atoms with Gasteiger partial charge in [-0.15, -0.1) is 0 Å². The van der Waals surface area contributed by atoms with Crippen molar-refractivity contribution in [2.24, 2.45) is 5.92 Å². The Hall–Kier alpha value is -2.44. The summed E-state index contributed by atoms with van der Waals surface area (Å²) < 4.78 is 5.24. The Morgan fingerprint density at radius 2 is 1.70 bits per heavy atom. The van der Waals surface area contributed by atoms with Crippen LogP contribution in [0, 0.1) is 19.8 Å². The van der Waals surface area contributed by atoms with E-state index in [1.807, 2.05) is 23.6 Å². The molecule has 1 aliphatic heterocycles. The van der Waals surface area contributed by atoms with Crippen LogP contribution in [-0.2, 0) is 4.79 Å². The first-order chi connectivity index (χ1) is 13.0. The van der Waals surface area contributed by atoms with Crippen LogP contribution >= 0.6 is 0 Å². The summed E-state index contributed by atoms with van der Waals surface area (Å²) in [5.41, 5.74) is 2.39. The maximum Gasteiger partial charge on any atom is 0.258 e. The number of aromatic nitrogens is 2. The minimum atomic E-state index is -0.0402. The molecule has 27 heavy (non-hydrogen) atoms. The summed E-state index contributed by atoms with van der Waals surface area (Å²) in [7, 11) is 0. The van der Waals surface area contributed by atoms with E-state index in [4.69, 9.17) is 4.52 Å². The Balaban J connectivity index is 1.46. The van der Waals surface area contributed by atoms with Crippen molar-refractivity contribution in [3.05, 3.63) is 23.0 Å². The molecule has 4 rings (SSSR count). The van der Waals surface area contributed by atoms with Crippen LogP contribution in [0.15, 0.2) is 10.6 Å². The molecule has 2 aromatic heterocycles. The van der Waals surface area contributed by atoms with E-state index in [1.54, 1.807) is 6.07 Å². The van der Waals surface area contributed by atoms with E-state index in [-0.39, 0.29) is 17.7 Å². The lowest BCUT2D eigenvalue weighted by Gasteiger charge is -2.37. The molecule has 0 aromatic carbocycles. The molecule has 2 aliphatic rings. The van der Waals surface area contributed by atoms with Crippen molar-refractivity contribution < 1.29 is 14.1 Å². The maximum absolute atomic E-state index is 13.1. The molecule has 0 radical (unpaired) electrons. The van der Waals surface area contributed by atoms with Crippen LogP contribution in [0.25, 0.3) is 11.1 Å². The molecule has 0 unspecified atom stereocenters. The van der Waals surface area contributed by atoms with E-state index in [1.165, 1.54) is 6.42 Å². The molecule has 0 N–H and O–H groups in total. The van der Waals surface area contributed by atoms with Crippen LogP contribution in [0.4, 0.5) is 0 Å². The molecule has 2 aromatic rings. The van der Waals surface area contributed by atoms with Gasteiger partial charge in [0.05, 0.1) is 16.6 Å². The summed E-state index contributed by atoms with van der Waals surface area (Å²) >= 11 is 0. The normalized spacial score (nSPS) is 18.9. The van der Waals surface area contributed by atoms with Crippen LogP contribution in [-0.4, -0.2) is 57.9 Å². The lowest BCUT2D eigenvalue weighted by Crippen LogP contribution is -2.52. The smallest absolute Gasteiger partial charge is 0.258 e. The number of carbonyl (C=O) groups is 2. The number of piperazine rings is 1. The van der Waals surface area contributed by atoms with Gasteiger partial charge >= 0.3 is 0 Å². The lowest BCUT2D eigenvalue weighted by atomic mass is 9.88. The second-order valence-electron chi connectivity index (χ2n) is 7.71. The predicted octanol–water partition coefficient (Wildman–Crippen LogP) is 2.70. The first kappa shape index (κ1) is 17.9. The third kappa shape index (κ3) is 3.42. The van der Waals surface area contributed by atoms with E-state index in [2.05, 4.69) is 10.1 Å². The number of pyridine rings is 1. The summed E-state index contributed by atoms with van der Waals surface area (Å²) in [4.78, 5) is 33.9. The minimum absolute atomic E-state index is 0.0402. The molecule has 0 atom stereocenters. The molecule has 3 heterocycles. The maximum atomic E-state index is 13.1. The Labute approximate surface area is 158 Å². The van der Waals surface area contributed by atoms with Crippen molar-refractivity contribution in [3.63, 3.8) is 0 Å². The predicted molar refractivity (Wildman–Crippen MR) is 100 cm³/mol. The largest absolute Gasteiger partial charge is 0.339 e. The molecule has 2 amide bonds. The third-order valence-electron chi connectivity index (χ3n) is 5.81. The zero-order chi connectivity index (χ0) is 19.0. The zero-order valence-electron chi connectivity index (χ0n) is 16.0. The monoisotopic (exact) mass is 370 g/mol. The fourth-order valence-electron chi connectivity index (χ4n) is 4.29. The van der Waals surface area contributed by atoms with Gasteiger partial charge < -0.3 is 14.3 Å².